The van der Waals surface area contributed by atoms with E-state index in [9.17, 15) is 9.59 Å². The predicted octanol–water partition coefficient (Wildman–Crippen LogP) is 2.60. The third kappa shape index (κ3) is 4.25. The second-order valence-electron chi connectivity index (χ2n) is 8.55. The molecule has 0 saturated carbocycles. The number of methoxy groups -OCH3 is 1. The highest BCUT2D eigenvalue weighted by atomic mass is 32.1. The Morgan fingerprint density at radius 2 is 1.83 bits per heavy atom. The van der Waals surface area contributed by atoms with Crippen molar-refractivity contribution in [2.24, 2.45) is 12.0 Å². The van der Waals surface area contributed by atoms with Gasteiger partial charge in [0.25, 0.3) is 5.56 Å². The number of hydrogen-bond donors (Lipinski definition) is 0. The van der Waals surface area contributed by atoms with E-state index in [0.717, 1.165) is 41.3 Å². The van der Waals surface area contributed by atoms with E-state index in [-0.39, 0.29) is 5.56 Å². The standard InChI is InChI=1S/C26H31N5O3S/c1-8-30(9-2)19-12-10-18(11-13-19)23-22(25(33)34-7)16(4)27-26-31(23)24(32)21(35-26)14-20-15(3)28-29(6)17(20)5/h10-14,23H,8-9H2,1-7H3/b21-14+. The summed E-state index contributed by atoms with van der Waals surface area (Å²) in [4.78, 5) is 34.0. The van der Waals surface area contributed by atoms with Crippen molar-refractivity contribution in [1.29, 1.82) is 0 Å². The van der Waals surface area contributed by atoms with Crippen LogP contribution < -0.4 is 19.8 Å². The number of benzene rings is 1. The number of allylic oxidation sites excluding steroid dienone is 1. The van der Waals surface area contributed by atoms with Gasteiger partial charge in [-0.25, -0.2) is 9.79 Å². The molecule has 0 saturated heterocycles. The van der Waals surface area contributed by atoms with Gasteiger partial charge in [0.2, 0.25) is 0 Å². The molecule has 1 aliphatic heterocycles. The van der Waals surface area contributed by atoms with Crippen LogP contribution in [0, 0.1) is 13.8 Å². The number of thiazole rings is 1. The van der Waals surface area contributed by atoms with Gasteiger partial charge in [0.05, 0.1) is 34.6 Å². The van der Waals surface area contributed by atoms with Gasteiger partial charge in [0.15, 0.2) is 4.80 Å². The number of aromatic nitrogens is 3. The zero-order valence-electron chi connectivity index (χ0n) is 21.2. The zero-order chi connectivity index (χ0) is 25.4. The van der Waals surface area contributed by atoms with Crippen LogP contribution in [-0.4, -0.2) is 40.5 Å². The third-order valence-electron chi connectivity index (χ3n) is 6.60. The van der Waals surface area contributed by atoms with Crippen molar-refractivity contribution in [1.82, 2.24) is 14.3 Å². The minimum absolute atomic E-state index is 0.192. The van der Waals surface area contributed by atoms with Crippen molar-refractivity contribution >= 4 is 29.1 Å². The average Bonchev–Trinajstić information content (AvgIpc) is 3.28. The van der Waals surface area contributed by atoms with E-state index in [4.69, 9.17) is 4.74 Å². The van der Waals surface area contributed by atoms with Gasteiger partial charge in [-0.05, 0) is 58.4 Å². The van der Waals surface area contributed by atoms with Crippen LogP contribution in [0.3, 0.4) is 0 Å². The number of rotatable bonds is 6. The zero-order valence-corrected chi connectivity index (χ0v) is 22.1. The Morgan fingerprint density at radius 3 is 2.37 bits per heavy atom. The third-order valence-corrected chi connectivity index (χ3v) is 7.59. The first kappa shape index (κ1) is 24.7. The quantitative estimate of drug-likeness (QED) is 0.493. The smallest absolute Gasteiger partial charge is 0.338 e. The maximum Gasteiger partial charge on any atom is 0.338 e. The van der Waals surface area contributed by atoms with Gasteiger partial charge in [0, 0.05) is 37.1 Å². The number of fused-ring (bicyclic) bond motifs is 1. The molecule has 1 aromatic carbocycles. The molecule has 8 nitrogen and oxygen atoms in total. The van der Waals surface area contributed by atoms with Crippen LogP contribution in [-0.2, 0) is 16.6 Å². The van der Waals surface area contributed by atoms with E-state index >= 15 is 0 Å². The van der Waals surface area contributed by atoms with Crippen molar-refractivity contribution in [2.75, 3.05) is 25.1 Å². The highest BCUT2D eigenvalue weighted by molar-refractivity contribution is 7.07. The maximum atomic E-state index is 13.7. The van der Waals surface area contributed by atoms with Crippen LogP contribution in [0.4, 0.5) is 5.69 Å². The molecule has 0 radical (unpaired) electrons. The van der Waals surface area contributed by atoms with E-state index in [1.165, 1.54) is 18.4 Å². The number of carbonyl (C=O) groups is 1. The monoisotopic (exact) mass is 493 g/mol. The first-order chi connectivity index (χ1) is 16.7. The topological polar surface area (TPSA) is 81.7 Å². The van der Waals surface area contributed by atoms with Gasteiger partial charge < -0.3 is 9.64 Å². The Kier molecular flexibility index (Phi) is 6.80. The molecule has 0 aliphatic carbocycles. The lowest BCUT2D eigenvalue weighted by Crippen LogP contribution is -2.39. The normalized spacial score (nSPS) is 15.7. The van der Waals surface area contributed by atoms with Crippen LogP contribution in [0.25, 0.3) is 6.08 Å². The summed E-state index contributed by atoms with van der Waals surface area (Å²) in [5.41, 5.74) is 5.40. The summed E-state index contributed by atoms with van der Waals surface area (Å²) in [5.74, 6) is -0.489. The summed E-state index contributed by atoms with van der Waals surface area (Å²) in [6.07, 6.45) is 1.87. The van der Waals surface area contributed by atoms with Crippen LogP contribution in [0.15, 0.2) is 45.3 Å². The molecule has 0 N–H and O–H groups in total. The number of nitrogens with zero attached hydrogens (tertiary/aromatic N) is 5. The van der Waals surface area contributed by atoms with Crippen molar-refractivity contribution in [2.45, 2.75) is 40.7 Å². The first-order valence-corrected chi connectivity index (χ1v) is 12.5. The lowest BCUT2D eigenvalue weighted by atomic mass is 9.95. The lowest BCUT2D eigenvalue weighted by Gasteiger charge is -2.26. The summed E-state index contributed by atoms with van der Waals surface area (Å²) in [7, 11) is 3.23. The molecule has 3 aromatic rings. The highest BCUT2D eigenvalue weighted by Crippen LogP contribution is 2.31. The molecule has 1 aliphatic rings. The molecule has 0 fully saturated rings. The molecular weight excluding hydrogens is 462 g/mol. The van der Waals surface area contributed by atoms with Gasteiger partial charge in [-0.15, -0.1) is 0 Å². The molecule has 4 rings (SSSR count). The first-order valence-electron chi connectivity index (χ1n) is 11.7. The fourth-order valence-corrected chi connectivity index (χ4v) is 5.62. The maximum absolute atomic E-state index is 13.7. The number of carbonyl (C=O) groups excluding carboxylic acids is 1. The molecule has 9 heteroatoms. The SMILES string of the molecule is CCN(CC)c1ccc(C2C(C(=O)OC)=C(C)N=c3s/c(=C/c4c(C)nn(C)c4C)c(=O)n32)cc1. The van der Waals surface area contributed by atoms with Gasteiger partial charge in [-0.3, -0.25) is 14.0 Å². The lowest BCUT2D eigenvalue weighted by molar-refractivity contribution is -0.136. The Labute approximate surface area is 208 Å². The van der Waals surface area contributed by atoms with Crippen molar-refractivity contribution < 1.29 is 9.53 Å². The van der Waals surface area contributed by atoms with Gasteiger partial charge in [0.1, 0.15) is 0 Å². The summed E-state index contributed by atoms with van der Waals surface area (Å²) in [5, 5.41) is 4.46. The second-order valence-corrected chi connectivity index (χ2v) is 9.55. The molecule has 3 heterocycles. The Bertz CT molecular complexity index is 1490. The number of ether oxygens (including phenoxy) is 1. The molecule has 0 amide bonds. The van der Waals surface area contributed by atoms with E-state index in [0.29, 0.717) is 20.6 Å². The minimum Gasteiger partial charge on any atom is -0.466 e. The Balaban J connectivity index is 1.93. The van der Waals surface area contributed by atoms with Crippen molar-refractivity contribution in [3.05, 3.63) is 77.7 Å². The summed E-state index contributed by atoms with van der Waals surface area (Å²) in [6, 6.07) is 7.40. The van der Waals surface area contributed by atoms with E-state index in [1.54, 1.807) is 16.2 Å². The van der Waals surface area contributed by atoms with Gasteiger partial charge >= 0.3 is 5.97 Å². The molecular formula is C26H31N5O3S. The van der Waals surface area contributed by atoms with Crippen LogP contribution >= 0.6 is 11.3 Å². The Hall–Kier alpha value is -3.46. The molecule has 0 bridgehead atoms. The van der Waals surface area contributed by atoms with E-state index in [1.807, 2.05) is 51.2 Å². The van der Waals surface area contributed by atoms with Crippen LogP contribution in [0.2, 0.25) is 0 Å². The summed E-state index contributed by atoms with van der Waals surface area (Å²) < 4.78 is 9.07. The molecule has 1 atom stereocenters. The van der Waals surface area contributed by atoms with Gasteiger partial charge in [-0.1, -0.05) is 23.5 Å². The average molecular weight is 494 g/mol. The largest absolute Gasteiger partial charge is 0.466 e. The molecule has 1 unspecified atom stereocenters. The van der Waals surface area contributed by atoms with E-state index in [2.05, 4.69) is 28.8 Å². The molecule has 2 aromatic heterocycles. The minimum atomic E-state index is -0.623. The van der Waals surface area contributed by atoms with Crippen LogP contribution in [0.1, 0.15) is 49.3 Å². The van der Waals surface area contributed by atoms with Crippen molar-refractivity contribution in [3.8, 4) is 0 Å². The van der Waals surface area contributed by atoms with Gasteiger partial charge in [-0.2, -0.15) is 5.10 Å². The fourth-order valence-electron chi connectivity index (χ4n) is 4.59. The molecule has 35 heavy (non-hydrogen) atoms. The summed E-state index contributed by atoms with van der Waals surface area (Å²) in [6.45, 7) is 11.7. The summed E-state index contributed by atoms with van der Waals surface area (Å²) >= 11 is 1.32. The number of esters is 1. The molecule has 184 valence electrons. The van der Waals surface area contributed by atoms with Crippen LogP contribution in [0.5, 0.6) is 0 Å². The molecule has 0 spiro atoms. The number of anilines is 1. The number of aryl methyl sites for hydroxylation is 2. The fraction of sp³-hybridized carbons (Fsp3) is 0.385. The second kappa shape index (κ2) is 9.65. The number of hydrogen-bond acceptors (Lipinski definition) is 7. The predicted molar refractivity (Wildman–Crippen MR) is 138 cm³/mol. The van der Waals surface area contributed by atoms with E-state index < -0.39 is 12.0 Å². The highest BCUT2D eigenvalue weighted by Gasteiger charge is 2.33. The Morgan fingerprint density at radius 1 is 1.17 bits per heavy atom. The van der Waals surface area contributed by atoms with Crippen molar-refractivity contribution in [3.63, 3.8) is 0 Å².